The molecule has 0 radical (unpaired) electrons. The number of hydrogen-bond acceptors (Lipinski definition) is 2. The molecule has 0 spiro atoms. The third-order valence-corrected chi connectivity index (χ3v) is 3.94. The second kappa shape index (κ2) is 6.74. The Morgan fingerprint density at radius 1 is 1.19 bits per heavy atom. The number of unbranched alkanes of at least 4 members (excludes halogenated alkanes) is 1. The highest BCUT2D eigenvalue weighted by molar-refractivity contribution is 5.99. The lowest BCUT2D eigenvalue weighted by Gasteiger charge is -2.09. The van der Waals surface area contributed by atoms with Crippen molar-refractivity contribution in [3.63, 3.8) is 0 Å². The summed E-state index contributed by atoms with van der Waals surface area (Å²) < 4.78 is 0. The number of nitrogens with one attached hydrogen (secondary N) is 2. The van der Waals surface area contributed by atoms with E-state index in [1.54, 1.807) is 0 Å². The van der Waals surface area contributed by atoms with Crippen molar-refractivity contribution in [3.05, 3.63) is 29.3 Å². The van der Waals surface area contributed by atoms with Crippen molar-refractivity contribution in [2.75, 3.05) is 11.9 Å². The molecule has 2 N–H and O–H groups in total. The summed E-state index contributed by atoms with van der Waals surface area (Å²) in [5.74, 6) is -0.345. The van der Waals surface area contributed by atoms with Gasteiger partial charge < -0.3 is 10.6 Å². The summed E-state index contributed by atoms with van der Waals surface area (Å²) >= 11 is 0. The maximum Gasteiger partial charge on any atom is 0.228 e. The average Bonchev–Trinajstić information content (AvgIpc) is 3.23. The first-order valence-corrected chi connectivity index (χ1v) is 7.68. The highest BCUT2D eigenvalue weighted by Crippen LogP contribution is 2.39. The minimum Gasteiger partial charge on any atom is -0.356 e. The van der Waals surface area contributed by atoms with Crippen LogP contribution in [0, 0.1) is 25.7 Å². The van der Waals surface area contributed by atoms with Crippen LogP contribution in [-0.4, -0.2) is 18.4 Å². The zero-order valence-electron chi connectivity index (χ0n) is 13.0. The van der Waals surface area contributed by atoms with Gasteiger partial charge in [0.05, 0.1) is 11.8 Å². The van der Waals surface area contributed by atoms with Crippen molar-refractivity contribution in [2.45, 2.75) is 40.0 Å². The number of carbonyl (C=O) groups excluding carboxylic acids is 2. The monoisotopic (exact) mass is 288 g/mol. The first-order chi connectivity index (χ1) is 10.0. The molecule has 1 saturated carbocycles. The minimum absolute atomic E-state index is 0.0181. The van der Waals surface area contributed by atoms with Crippen LogP contribution in [0.5, 0.6) is 0 Å². The van der Waals surface area contributed by atoms with Crippen LogP contribution in [0.1, 0.15) is 37.3 Å². The van der Waals surface area contributed by atoms with Crippen molar-refractivity contribution in [1.82, 2.24) is 5.32 Å². The van der Waals surface area contributed by atoms with Crippen molar-refractivity contribution in [3.8, 4) is 0 Å². The van der Waals surface area contributed by atoms with E-state index < -0.39 is 0 Å². The van der Waals surface area contributed by atoms with Crippen molar-refractivity contribution in [2.24, 2.45) is 11.8 Å². The predicted octanol–water partition coefficient (Wildman–Crippen LogP) is 2.79. The van der Waals surface area contributed by atoms with Crippen LogP contribution < -0.4 is 10.6 Å². The Morgan fingerprint density at radius 2 is 1.90 bits per heavy atom. The second-order valence-corrected chi connectivity index (χ2v) is 5.90. The van der Waals surface area contributed by atoms with E-state index in [1.165, 1.54) is 0 Å². The van der Waals surface area contributed by atoms with E-state index in [-0.39, 0.29) is 23.7 Å². The number of aryl methyl sites for hydroxylation is 2. The first kappa shape index (κ1) is 15.5. The summed E-state index contributed by atoms with van der Waals surface area (Å²) in [4.78, 5) is 24.1. The van der Waals surface area contributed by atoms with Gasteiger partial charge in [-0.05, 0) is 43.9 Å². The molecule has 1 fully saturated rings. The minimum atomic E-state index is -0.175. The highest BCUT2D eigenvalue weighted by Gasteiger charge is 2.47. The van der Waals surface area contributed by atoms with Crippen molar-refractivity contribution in [1.29, 1.82) is 0 Å². The summed E-state index contributed by atoms with van der Waals surface area (Å²) in [6, 6.07) is 5.98. The summed E-state index contributed by atoms with van der Waals surface area (Å²) in [7, 11) is 0. The number of benzene rings is 1. The predicted molar refractivity (Wildman–Crippen MR) is 84.1 cm³/mol. The molecule has 1 aromatic carbocycles. The van der Waals surface area contributed by atoms with Crippen molar-refractivity contribution >= 4 is 17.5 Å². The molecule has 1 aromatic rings. The molecule has 0 aromatic heterocycles. The highest BCUT2D eigenvalue weighted by atomic mass is 16.2. The molecule has 2 unspecified atom stereocenters. The van der Waals surface area contributed by atoms with Crippen LogP contribution in [0.15, 0.2) is 18.2 Å². The lowest BCUT2D eigenvalue weighted by Crippen LogP contribution is -2.28. The van der Waals surface area contributed by atoms with Crippen LogP contribution in [0.2, 0.25) is 0 Å². The van der Waals surface area contributed by atoms with E-state index in [2.05, 4.69) is 17.6 Å². The number of hydrogen-bond donors (Lipinski definition) is 2. The average molecular weight is 288 g/mol. The van der Waals surface area contributed by atoms with Gasteiger partial charge in [0.2, 0.25) is 11.8 Å². The molecule has 2 amide bonds. The molecule has 0 heterocycles. The van der Waals surface area contributed by atoms with Crippen LogP contribution >= 0.6 is 0 Å². The smallest absolute Gasteiger partial charge is 0.228 e. The van der Waals surface area contributed by atoms with Gasteiger partial charge in [0.15, 0.2) is 0 Å². The Kier molecular flexibility index (Phi) is 4.99. The summed E-state index contributed by atoms with van der Waals surface area (Å²) in [6.45, 7) is 6.76. The normalized spacial score (nSPS) is 20.0. The van der Waals surface area contributed by atoms with Crippen LogP contribution in [0.3, 0.4) is 0 Å². The van der Waals surface area contributed by atoms with Gasteiger partial charge in [-0.2, -0.15) is 0 Å². The number of anilines is 1. The SMILES string of the molecule is CCCCNC(=O)C1CC1C(=O)Nc1cc(C)ccc1C. The third kappa shape index (κ3) is 4.06. The fourth-order valence-electron chi connectivity index (χ4n) is 2.39. The van der Waals surface area contributed by atoms with Gasteiger partial charge in [0.25, 0.3) is 0 Å². The Morgan fingerprint density at radius 3 is 2.62 bits per heavy atom. The molecule has 0 bridgehead atoms. The van der Waals surface area contributed by atoms with Gasteiger partial charge in [-0.3, -0.25) is 9.59 Å². The van der Waals surface area contributed by atoms with E-state index in [0.29, 0.717) is 13.0 Å². The van der Waals surface area contributed by atoms with Gasteiger partial charge >= 0.3 is 0 Å². The molecule has 1 aliphatic rings. The summed E-state index contributed by atoms with van der Waals surface area (Å²) in [5, 5.41) is 5.84. The molecule has 2 atom stereocenters. The van der Waals surface area contributed by atoms with Crippen molar-refractivity contribution < 1.29 is 9.59 Å². The van der Waals surface area contributed by atoms with Gasteiger partial charge in [-0.1, -0.05) is 25.5 Å². The maximum absolute atomic E-state index is 12.2. The molecule has 1 aliphatic carbocycles. The van der Waals surface area contributed by atoms with E-state index in [4.69, 9.17) is 0 Å². The molecule has 4 heteroatoms. The zero-order chi connectivity index (χ0) is 15.4. The summed E-state index contributed by atoms with van der Waals surface area (Å²) in [5.41, 5.74) is 3.00. The van der Waals surface area contributed by atoms with Gasteiger partial charge in [0.1, 0.15) is 0 Å². The van der Waals surface area contributed by atoms with E-state index in [0.717, 1.165) is 29.7 Å². The quantitative estimate of drug-likeness (QED) is 0.791. The molecule has 114 valence electrons. The first-order valence-electron chi connectivity index (χ1n) is 7.68. The Hall–Kier alpha value is -1.84. The number of amides is 2. The number of carbonyl (C=O) groups is 2. The second-order valence-electron chi connectivity index (χ2n) is 5.90. The maximum atomic E-state index is 12.2. The Balaban J connectivity index is 1.86. The lowest BCUT2D eigenvalue weighted by atomic mass is 10.1. The lowest BCUT2D eigenvalue weighted by molar-refractivity contribution is -0.125. The standard InChI is InChI=1S/C17H24N2O2/c1-4-5-8-18-16(20)13-10-14(13)17(21)19-15-9-11(2)6-7-12(15)3/h6-7,9,13-14H,4-5,8,10H2,1-3H3,(H,18,20)(H,19,21). The fraction of sp³-hybridized carbons (Fsp3) is 0.529. The van der Waals surface area contributed by atoms with Crippen LogP contribution in [0.4, 0.5) is 5.69 Å². The molecule has 4 nitrogen and oxygen atoms in total. The molecule has 0 saturated heterocycles. The largest absolute Gasteiger partial charge is 0.356 e. The Labute approximate surface area is 126 Å². The third-order valence-electron chi connectivity index (χ3n) is 3.94. The fourth-order valence-corrected chi connectivity index (χ4v) is 2.39. The number of rotatable bonds is 6. The molecular formula is C17H24N2O2. The molecular weight excluding hydrogens is 264 g/mol. The van der Waals surface area contributed by atoms with Gasteiger partial charge in [-0.25, -0.2) is 0 Å². The van der Waals surface area contributed by atoms with E-state index >= 15 is 0 Å². The van der Waals surface area contributed by atoms with Gasteiger partial charge in [0, 0.05) is 12.2 Å². The Bertz CT molecular complexity index is 540. The molecule has 0 aliphatic heterocycles. The zero-order valence-corrected chi connectivity index (χ0v) is 13.0. The van der Waals surface area contributed by atoms with E-state index in [1.807, 2.05) is 32.0 Å². The van der Waals surface area contributed by atoms with E-state index in [9.17, 15) is 9.59 Å². The summed E-state index contributed by atoms with van der Waals surface area (Å²) in [6.07, 6.45) is 2.70. The molecule has 21 heavy (non-hydrogen) atoms. The molecule has 2 rings (SSSR count). The van der Waals surface area contributed by atoms with Crippen LogP contribution in [0.25, 0.3) is 0 Å². The topological polar surface area (TPSA) is 58.2 Å². The van der Waals surface area contributed by atoms with Crippen LogP contribution in [-0.2, 0) is 9.59 Å². The van der Waals surface area contributed by atoms with Gasteiger partial charge in [-0.15, -0.1) is 0 Å².